The minimum atomic E-state index is -0.591. The van der Waals surface area contributed by atoms with Crippen LogP contribution in [0.3, 0.4) is 0 Å². The number of nitrogens with one attached hydrogen (secondary N) is 1. The summed E-state index contributed by atoms with van der Waals surface area (Å²) in [5.41, 5.74) is -0.591. The summed E-state index contributed by atoms with van der Waals surface area (Å²) in [5.74, 6) is 0.0697. The quantitative estimate of drug-likeness (QED) is 0.851. The van der Waals surface area contributed by atoms with Crippen LogP contribution in [0.1, 0.15) is 64.7 Å². The molecule has 0 saturated heterocycles. The average molecular weight is 266 g/mol. The van der Waals surface area contributed by atoms with Crippen LogP contribution in [0.4, 0.5) is 0 Å². The maximum atomic E-state index is 12.7. The molecule has 0 spiro atoms. The number of rotatable bonds is 3. The zero-order valence-electron chi connectivity index (χ0n) is 12.2. The van der Waals surface area contributed by atoms with Gasteiger partial charge in [0.1, 0.15) is 5.54 Å². The predicted molar refractivity (Wildman–Crippen MR) is 74.7 cm³/mol. The molecule has 0 unspecified atom stereocenters. The molecule has 108 valence electrons. The van der Waals surface area contributed by atoms with Crippen LogP contribution in [0.15, 0.2) is 0 Å². The first-order chi connectivity index (χ1) is 9.06. The highest BCUT2D eigenvalue weighted by Gasteiger charge is 2.44. The maximum Gasteiger partial charge on any atom is 0.246 e. The summed E-state index contributed by atoms with van der Waals surface area (Å²) in [7, 11) is 1.78. The van der Waals surface area contributed by atoms with E-state index in [0.29, 0.717) is 6.04 Å². The molecule has 19 heavy (non-hydrogen) atoms. The third kappa shape index (κ3) is 2.93. The van der Waals surface area contributed by atoms with Gasteiger partial charge in [0.2, 0.25) is 11.8 Å². The summed E-state index contributed by atoms with van der Waals surface area (Å²) in [4.78, 5) is 26.1. The van der Waals surface area contributed by atoms with Crippen LogP contribution < -0.4 is 5.32 Å². The first-order valence-electron chi connectivity index (χ1n) is 7.61. The Morgan fingerprint density at radius 1 is 1.05 bits per heavy atom. The summed E-state index contributed by atoms with van der Waals surface area (Å²) in [5, 5.41) is 3.19. The minimum absolute atomic E-state index is 0.0107. The molecular formula is C15H26N2O2. The lowest BCUT2D eigenvalue weighted by Crippen LogP contribution is -2.61. The Balaban J connectivity index is 2.11. The molecule has 0 aromatic carbocycles. The van der Waals surface area contributed by atoms with Gasteiger partial charge in [0.15, 0.2) is 0 Å². The molecule has 4 heteroatoms. The second-order valence-electron chi connectivity index (χ2n) is 6.13. The molecule has 2 rings (SSSR count). The van der Waals surface area contributed by atoms with Crippen LogP contribution in [0.2, 0.25) is 0 Å². The van der Waals surface area contributed by atoms with Gasteiger partial charge in [0, 0.05) is 20.0 Å². The van der Waals surface area contributed by atoms with Crippen molar-refractivity contribution in [2.45, 2.75) is 76.3 Å². The highest BCUT2D eigenvalue weighted by atomic mass is 16.2. The number of amides is 2. The van der Waals surface area contributed by atoms with Gasteiger partial charge in [-0.3, -0.25) is 9.59 Å². The summed E-state index contributed by atoms with van der Waals surface area (Å²) in [6.45, 7) is 1.55. The number of hydrogen-bond acceptors (Lipinski definition) is 2. The fourth-order valence-corrected chi connectivity index (χ4v) is 3.54. The molecule has 1 N–H and O–H groups in total. The van der Waals surface area contributed by atoms with Crippen molar-refractivity contribution in [2.24, 2.45) is 0 Å². The van der Waals surface area contributed by atoms with E-state index in [1.54, 1.807) is 18.9 Å². The highest BCUT2D eigenvalue weighted by molar-refractivity contribution is 5.91. The summed E-state index contributed by atoms with van der Waals surface area (Å²) >= 11 is 0. The summed E-state index contributed by atoms with van der Waals surface area (Å²) < 4.78 is 0. The van der Waals surface area contributed by atoms with E-state index in [9.17, 15) is 9.59 Å². The normalized spacial score (nSPS) is 23.1. The van der Waals surface area contributed by atoms with Gasteiger partial charge < -0.3 is 10.2 Å². The van der Waals surface area contributed by atoms with Gasteiger partial charge in [-0.25, -0.2) is 0 Å². The molecular weight excluding hydrogens is 240 g/mol. The minimum Gasteiger partial charge on any atom is -0.351 e. The number of hydrogen-bond donors (Lipinski definition) is 1. The van der Waals surface area contributed by atoms with E-state index in [1.807, 2.05) is 0 Å². The first kappa shape index (κ1) is 14.4. The Labute approximate surface area is 115 Å². The molecule has 0 aromatic rings. The van der Waals surface area contributed by atoms with Gasteiger partial charge in [-0.1, -0.05) is 32.1 Å². The van der Waals surface area contributed by atoms with Crippen molar-refractivity contribution in [1.82, 2.24) is 10.2 Å². The molecule has 2 fully saturated rings. The Hall–Kier alpha value is -1.06. The molecule has 4 nitrogen and oxygen atoms in total. The van der Waals surface area contributed by atoms with Crippen LogP contribution in [0, 0.1) is 0 Å². The number of carbonyl (C=O) groups excluding carboxylic acids is 2. The van der Waals surface area contributed by atoms with Crippen LogP contribution in [-0.4, -0.2) is 35.3 Å². The van der Waals surface area contributed by atoms with E-state index < -0.39 is 5.54 Å². The van der Waals surface area contributed by atoms with Crippen molar-refractivity contribution in [2.75, 3.05) is 7.05 Å². The summed E-state index contributed by atoms with van der Waals surface area (Å²) in [6.07, 6.45) is 9.46. The molecule has 0 aromatic heterocycles. The smallest absolute Gasteiger partial charge is 0.246 e. The second kappa shape index (κ2) is 5.93. The molecule has 0 atom stereocenters. The fraction of sp³-hybridized carbons (Fsp3) is 0.867. The fourth-order valence-electron chi connectivity index (χ4n) is 3.54. The third-order valence-electron chi connectivity index (χ3n) is 4.91. The van der Waals surface area contributed by atoms with Gasteiger partial charge in [-0.2, -0.15) is 0 Å². The van der Waals surface area contributed by atoms with Gasteiger partial charge in [-0.05, 0) is 25.7 Å². The van der Waals surface area contributed by atoms with Crippen molar-refractivity contribution in [3.05, 3.63) is 0 Å². The van der Waals surface area contributed by atoms with E-state index in [0.717, 1.165) is 38.5 Å². The maximum absolute atomic E-state index is 12.7. The third-order valence-corrected chi connectivity index (χ3v) is 4.91. The lowest BCUT2D eigenvalue weighted by Gasteiger charge is -2.43. The van der Waals surface area contributed by atoms with Crippen molar-refractivity contribution < 1.29 is 9.59 Å². The topological polar surface area (TPSA) is 49.4 Å². The highest BCUT2D eigenvalue weighted by Crippen LogP contribution is 2.34. The van der Waals surface area contributed by atoms with E-state index in [4.69, 9.17) is 0 Å². The van der Waals surface area contributed by atoms with Crippen LogP contribution in [-0.2, 0) is 9.59 Å². The first-order valence-corrected chi connectivity index (χ1v) is 7.61. The van der Waals surface area contributed by atoms with Crippen LogP contribution in [0.25, 0.3) is 0 Å². The zero-order chi connectivity index (χ0) is 13.9. The second-order valence-corrected chi connectivity index (χ2v) is 6.13. The van der Waals surface area contributed by atoms with Crippen molar-refractivity contribution >= 4 is 11.8 Å². The molecule has 0 aliphatic heterocycles. The molecule has 0 bridgehead atoms. The lowest BCUT2D eigenvalue weighted by molar-refractivity contribution is -0.147. The standard InChI is InChI=1S/C15H26N2O2/c1-12(18)17(2)15(10-6-3-7-11-15)14(19)16-13-8-4-5-9-13/h13H,3-11H2,1-2H3,(H,16,19). The molecule has 2 aliphatic carbocycles. The van der Waals surface area contributed by atoms with E-state index in [-0.39, 0.29) is 11.8 Å². The SMILES string of the molecule is CC(=O)N(C)C1(C(=O)NC2CCCC2)CCCCC1. The Bertz CT molecular complexity index is 342. The molecule has 2 aliphatic rings. The number of likely N-dealkylation sites (N-methyl/N-ethyl adjacent to an activating group) is 1. The van der Waals surface area contributed by atoms with Crippen molar-refractivity contribution in [3.63, 3.8) is 0 Å². The van der Waals surface area contributed by atoms with Crippen LogP contribution in [0.5, 0.6) is 0 Å². The number of nitrogens with zero attached hydrogens (tertiary/aromatic N) is 1. The van der Waals surface area contributed by atoms with Crippen molar-refractivity contribution in [3.8, 4) is 0 Å². The Kier molecular flexibility index (Phi) is 4.48. The van der Waals surface area contributed by atoms with Crippen molar-refractivity contribution in [1.29, 1.82) is 0 Å². The predicted octanol–water partition coefficient (Wildman–Crippen LogP) is 2.23. The monoisotopic (exact) mass is 266 g/mol. The molecule has 2 amide bonds. The lowest BCUT2D eigenvalue weighted by atomic mass is 9.79. The largest absolute Gasteiger partial charge is 0.351 e. The summed E-state index contributed by atoms with van der Waals surface area (Å²) in [6, 6.07) is 0.326. The van der Waals surface area contributed by atoms with E-state index in [1.165, 1.54) is 19.3 Å². The molecule has 0 heterocycles. The van der Waals surface area contributed by atoms with Gasteiger partial charge in [-0.15, -0.1) is 0 Å². The zero-order valence-corrected chi connectivity index (χ0v) is 12.2. The molecule has 0 radical (unpaired) electrons. The molecule has 2 saturated carbocycles. The average Bonchev–Trinajstić information content (AvgIpc) is 2.91. The van der Waals surface area contributed by atoms with Gasteiger partial charge in [0.25, 0.3) is 0 Å². The van der Waals surface area contributed by atoms with Crippen LogP contribution >= 0.6 is 0 Å². The Morgan fingerprint density at radius 3 is 2.16 bits per heavy atom. The van der Waals surface area contributed by atoms with Gasteiger partial charge >= 0.3 is 0 Å². The number of carbonyl (C=O) groups is 2. The van der Waals surface area contributed by atoms with E-state index in [2.05, 4.69) is 5.32 Å². The van der Waals surface area contributed by atoms with E-state index >= 15 is 0 Å². The Morgan fingerprint density at radius 2 is 1.63 bits per heavy atom. The van der Waals surface area contributed by atoms with Gasteiger partial charge in [0.05, 0.1) is 0 Å².